The molecular weight excluding hydrogens is 290 g/mol. The van der Waals surface area contributed by atoms with E-state index in [0.717, 1.165) is 5.56 Å². The summed E-state index contributed by atoms with van der Waals surface area (Å²) >= 11 is 0. The first-order valence-corrected chi connectivity index (χ1v) is 7.62. The first kappa shape index (κ1) is 16.8. The number of guanidine groups is 1. The van der Waals surface area contributed by atoms with Gasteiger partial charge in [0, 0.05) is 13.1 Å². The third kappa shape index (κ3) is 5.27. The van der Waals surface area contributed by atoms with Crippen LogP contribution in [0.1, 0.15) is 18.4 Å². The van der Waals surface area contributed by atoms with Crippen molar-refractivity contribution in [1.29, 1.82) is 0 Å². The summed E-state index contributed by atoms with van der Waals surface area (Å²) in [5.41, 5.74) is 17.1. The fraction of sp³-hybridized carbons (Fsp3) is 0.294. The number of hydrogen-bond acceptors (Lipinski definition) is 3. The Bertz CT molecular complexity index is 694. The zero-order valence-corrected chi connectivity index (χ0v) is 13.0. The number of nitrogens with one attached hydrogen (secondary N) is 1. The highest BCUT2D eigenvalue weighted by atomic mass is 16.1. The maximum atomic E-state index is 11.5. The number of fused-ring (bicyclic) bond motifs is 1. The Balaban J connectivity index is 1.91. The van der Waals surface area contributed by atoms with Gasteiger partial charge in [-0.3, -0.25) is 9.79 Å². The lowest BCUT2D eigenvalue weighted by Gasteiger charge is -2.15. The summed E-state index contributed by atoms with van der Waals surface area (Å²) in [6.45, 7) is 1.07. The van der Waals surface area contributed by atoms with Gasteiger partial charge in [-0.05, 0) is 35.2 Å². The number of carbonyl (C=O) groups excluding carboxylic acids is 1. The number of benzene rings is 2. The van der Waals surface area contributed by atoms with Gasteiger partial charge in [0.05, 0.1) is 6.04 Å². The second kappa shape index (κ2) is 8.14. The molecule has 6 heteroatoms. The molecule has 0 unspecified atom stereocenters. The van der Waals surface area contributed by atoms with E-state index in [1.54, 1.807) is 0 Å². The molecule has 0 heterocycles. The summed E-state index contributed by atoms with van der Waals surface area (Å²) < 4.78 is 0. The first-order chi connectivity index (χ1) is 11.1. The third-order valence-electron chi connectivity index (χ3n) is 3.66. The Morgan fingerprint density at radius 1 is 1.09 bits per heavy atom. The largest absolute Gasteiger partial charge is 0.370 e. The standard InChI is InChI=1S/C17H23N5O/c18-16(23)15(6-3-9-21-17(19)20)22-11-12-7-8-13-4-1-2-5-14(13)10-12/h1-2,4-5,7-8,10,15,22H,3,6,9,11H2,(H2,18,23)(H4,19,20,21)/t15-/m0/s1. The fourth-order valence-corrected chi connectivity index (χ4v) is 2.44. The molecule has 0 fully saturated rings. The van der Waals surface area contributed by atoms with Gasteiger partial charge < -0.3 is 22.5 Å². The van der Waals surface area contributed by atoms with Crippen molar-refractivity contribution in [3.63, 3.8) is 0 Å². The molecule has 0 saturated heterocycles. The van der Waals surface area contributed by atoms with E-state index in [-0.39, 0.29) is 11.9 Å². The van der Waals surface area contributed by atoms with Crippen molar-refractivity contribution in [2.75, 3.05) is 6.54 Å². The lowest BCUT2D eigenvalue weighted by molar-refractivity contribution is -0.120. The summed E-state index contributed by atoms with van der Waals surface area (Å²) in [5, 5.41) is 5.57. The SMILES string of the molecule is NC(=O)[C@H](CCCN=C(N)N)NCc1ccc2ccccc2c1. The van der Waals surface area contributed by atoms with Gasteiger partial charge in [0.1, 0.15) is 0 Å². The van der Waals surface area contributed by atoms with E-state index < -0.39 is 6.04 Å². The lowest BCUT2D eigenvalue weighted by atomic mass is 10.1. The molecule has 122 valence electrons. The van der Waals surface area contributed by atoms with Crippen LogP contribution in [0.5, 0.6) is 0 Å². The van der Waals surface area contributed by atoms with Crippen LogP contribution in [0, 0.1) is 0 Å². The van der Waals surface area contributed by atoms with Crippen LogP contribution in [-0.2, 0) is 11.3 Å². The van der Waals surface area contributed by atoms with E-state index in [1.165, 1.54) is 10.8 Å². The van der Waals surface area contributed by atoms with Gasteiger partial charge in [-0.15, -0.1) is 0 Å². The molecule has 0 aliphatic rings. The molecule has 1 amide bonds. The van der Waals surface area contributed by atoms with Crippen LogP contribution >= 0.6 is 0 Å². The molecule has 0 aliphatic carbocycles. The first-order valence-electron chi connectivity index (χ1n) is 7.62. The van der Waals surface area contributed by atoms with Gasteiger partial charge in [0.2, 0.25) is 5.91 Å². The minimum Gasteiger partial charge on any atom is -0.370 e. The van der Waals surface area contributed by atoms with Crippen molar-refractivity contribution in [2.24, 2.45) is 22.2 Å². The quantitative estimate of drug-likeness (QED) is 0.328. The van der Waals surface area contributed by atoms with Crippen molar-refractivity contribution >= 4 is 22.6 Å². The highest BCUT2D eigenvalue weighted by Gasteiger charge is 2.14. The molecule has 0 spiro atoms. The third-order valence-corrected chi connectivity index (χ3v) is 3.66. The van der Waals surface area contributed by atoms with Crippen molar-refractivity contribution < 1.29 is 4.79 Å². The maximum absolute atomic E-state index is 11.5. The molecule has 2 aromatic carbocycles. The normalized spacial score (nSPS) is 12.0. The maximum Gasteiger partial charge on any atom is 0.234 e. The summed E-state index contributed by atoms with van der Waals surface area (Å²) in [4.78, 5) is 15.4. The van der Waals surface area contributed by atoms with E-state index in [2.05, 4.69) is 34.6 Å². The van der Waals surface area contributed by atoms with Gasteiger partial charge in [-0.1, -0.05) is 36.4 Å². The van der Waals surface area contributed by atoms with E-state index >= 15 is 0 Å². The number of aliphatic imine (C=N–C) groups is 1. The van der Waals surface area contributed by atoms with Crippen LogP contribution in [0.3, 0.4) is 0 Å². The molecular formula is C17H23N5O. The van der Waals surface area contributed by atoms with Crippen LogP contribution in [0.25, 0.3) is 10.8 Å². The molecule has 2 rings (SSSR count). The van der Waals surface area contributed by atoms with E-state index in [9.17, 15) is 4.79 Å². The zero-order chi connectivity index (χ0) is 16.7. The lowest BCUT2D eigenvalue weighted by Crippen LogP contribution is -2.41. The number of primary amides is 1. The van der Waals surface area contributed by atoms with Crippen molar-refractivity contribution in [1.82, 2.24) is 5.32 Å². The van der Waals surface area contributed by atoms with E-state index in [1.807, 2.05) is 18.2 Å². The second-order valence-electron chi connectivity index (χ2n) is 5.47. The molecule has 6 nitrogen and oxygen atoms in total. The topological polar surface area (TPSA) is 120 Å². The number of rotatable bonds is 8. The highest BCUT2D eigenvalue weighted by Crippen LogP contribution is 2.15. The molecule has 0 radical (unpaired) electrons. The van der Waals surface area contributed by atoms with Crippen LogP contribution < -0.4 is 22.5 Å². The Labute approximate surface area is 135 Å². The van der Waals surface area contributed by atoms with Gasteiger partial charge in [0.25, 0.3) is 0 Å². The summed E-state index contributed by atoms with van der Waals surface area (Å²) in [7, 11) is 0. The van der Waals surface area contributed by atoms with E-state index in [4.69, 9.17) is 17.2 Å². The van der Waals surface area contributed by atoms with Crippen LogP contribution in [0.15, 0.2) is 47.5 Å². The number of nitrogens with zero attached hydrogens (tertiary/aromatic N) is 1. The fourth-order valence-electron chi connectivity index (χ4n) is 2.44. The molecule has 0 bridgehead atoms. The van der Waals surface area contributed by atoms with Crippen molar-refractivity contribution in [3.8, 4) is 0 Å². The molecule has 2 aromatic rings. The van der Waals surface area contributed by atoms with Crippen molar-refractivity contribution in [3.05, 3.63) is 48.0 Å². The van der Waals surface area contributed by atoms with Crippen molar-refractivity contribution in [2.45, 2.75) is 25.4 Å². The van der Waals surface area contributed by atoms with Gasteiger partial charge in [-0.25, -0.2) is 0 Å². The Morgan fingerprint density at radius 2 is 1.83 bits per heavy atom. The molecule has 0 aliphatic heterocycles. The average Bonchev–Trinajstić information content (AvgIpc) is 2.53. The smallest absolute Gasteiger partial charge is 0.234 e. The monoisotopic (exact) mass is 313 g/mol. The number of amides is 1. The summed E-state index contributed by atoms with van der Waals surface area (Å²) in [6.07, 6.45) is 1.29. The molecule has 0 saturated carbocycles. The second-order valence-corrected chi connectivity index (χ2v) is 5.47. The Hall–Kier alpha value is -2.60. The zero-order valence-electron chi connectivity index (χ0n) is 13.0. The van der Waals surface area contributed by atoms with Crippen LogP contribution in [-0.4, -0.2) is 24.5 Å². The summed E-state index contributed by atoms with van der Waals surface area (Å²) in [6, 6.07) is 14.0. The Morgan fingerprint density at radius 3 is 2.52 bits per heavy atom. The van der Waals surface area contributed by atoms with Gasteiger partial charge in [-0.2, -0.15) is 0 Å². The highest BCUT2D eigenvalue weighted by molar-refractivity contribution is 5.83. The van der Waals surface area contributed by atoms with Crippen LogP contribution in [0.4, 0.5) is 0 Å². The molecule has 0 aromatic heterocycles. The van der Waals surface area contributed by atoms with Gasteiger partial charge >= 0.3 is 0 Å². The number of carbonyl (C=O) groups is 1. The van der Waals surface area contributed by atoms with E-state index in [0.29, 0.717) is 25.9 Å². The minimum absolute atomic E-state index is 0.0600. The van der Waals surface area contributed by atoms with Gasteiger partial charge in [0.15, 0.2) is 5.96 Å². The number of nitrogens with two attached hydrogens (primary N) is 3. The predicted octanol–water partition coefficient (Wildman–Crippen LogP) is 0.837. The Kier molecular flexibility index (Phi) is 5.94. The summed E-state index contributed by atoms with van der Waals surface area (Å²) in [5.74, 6) is -0.305. The molecule has 1 atom stereocenters. The average molecular weight is 313 g/mol. The molecule has 23 heavy (non-hydrogen) atoms. The number of hydrogen-bond donors (Lipinski definition) is 4. The van der Waals surface area contributed by atoms with Crippen LogP contribution in [0.2, 0.25) is 0 Å². The molecule has 7 N–H and O–H groups in total. The minimum atomic E-state index is -0.393. The predicted molar refractivity (Wildman–Crippen MR) is 93.7 cm³/mol.